The molecule has 2 nitrogen and oxygen atoms in total. The first-order chi connectivity index (χ1) is 9.73. The highest BCUT2D eigenvalue weighted by Gasteiger charge is 2.13. The van der Waals surface area contributed by atoms with Crippen molar-refractivity contribution in [3.05, 3.63) is 50.5 Å². The number of thiazole rings is 1. The fraction of sp³-hybridized carbons (Fsp3) is 0.500. The highest BCUT2D eigenvalue weighted by Crippen LogP contribution is 2.22. The third kappa shape index (κ3) is 4.94. The van der Waals surface area contributed by atoms with Crippen molar-refractivity contribution in [1.29, 1.82) is 0 Å². The molecule has 21 heavy (non-hydrogen) atoms. The predicted molar refractivity (Wildman–Crippen MR) is 92.2 cm³/mol. The molecule has 1 N–H and O–H groups in total. The van der Waals surface area contributed by atoms with Gasteiger partial charge in [0.1, 0.15) is 0 Å². The molecule has 0 unspecified atom stereocenters. The van der Waals surface area contributed by atoms with Crippen LogP contribution < -0.4 is 5.32 Å². The van der Waals surface area contributed by atoms with Gasteiger partial charge in [0.05, 0.1) is 10.7 Å². The Hall–Kier alpha value is -1.19. The van der Waals surface area contributed by atoms with Gasteiger partial charge in [0, 0.05) is 23.4 Å². The van der Waals surface area contributed by atoms with Gasteiger partial charge in [-0.15, -0.1) is 11.3 Å². The minimum absolute atomic E-state index is 0.143. The van der Waals surface area contributed by atoms with E-state index in [1.165, 1.54) is 26.6 Å². The van der Waals surface area contributed by atoms with E-state index in [1.54, 1.807) is 0 Å². The summed E-state index contributed by atoms with van der Waals surface area (Å²) in [6.45, 7) is 13.9. The predicted octanol–water partition coefficient (Wildman–Crippen LogP) is 4.55. The molecule has 0 aliphatic heterocycles. The second-order valence-corrected chi connectivity index (χ2v) is 8.06. The van der Waals surface area contributed by atoms with Gasteiger partial charge in [0.25, 0.3) is 0 Å². The van der Waals surface area contributed by atoms with Gasteiger partial charge in [-0.05, 0) is 47.1 Å². The SMILES string of the molecule is Cc1cc(C)cc(Cc2nc(C)c(CNC(C)(C)C)s2)c1. The quantitative estimate of drug-likeness (QED) is 0.896. The fourth-order valence-corrected chi connectivity index (χ4v) is 3.46. The summed E-state index contributed by atoms with van der Waals surface area (Å²) < 4.78 is 0. The molecule has 0 aliphatic carbocycles. The van der Waals surface area contributed by atoms with E-state index in [4.69, 9.17) is 4.98 Å². The van der Waals surface area contributed by atoms with Crippen LogP contribution in [-0.2, 0) is 13.0 Å². The van der Waals surface area contributed by atoms with Crippen LogP contribution in [-0.4, -0.2) is 10.5 Å². The molecule has 0 aliphatic rings. The van der Waals surface area contributed by atoms with Crippen molar-refractivity contribution in [3.63, 3.8) is 0 Å². The van der Waals surface area contributed by atoms with Crippen molar-refractivity contribution < 1.29 is 0 Å². The Morgan fingerprint density at radius 1 is 1.05 bits per heavy atom. The summed E-state index contributed by atoms with van der Waals surface area (Å²) in [6.07, 6.45) is 0.934. The number of rotatable bonds is 4. The molecule has 1 aromatic heterocycles. The van der Waals surface area contributed by atoms with Crippen molar-refractivity contribution in [2.24, 2.45) is 0 Å². The van der Waals surface area contributed by atoms with Crippen LogP contribution in [0.3, 0.4) is 0 Å². The molecular formula is C18H26N2S. The van der Waals surface area contributed by atoms with E-state index in [2.05, 4.69) is 65.1 Å². The molecule has 0 amide bonds. The maximum Gasteiger partial charge on any atom is 0.0975 e. The molecule has 1 aromatic carbocycles. The standard InChI is InChI=1S/C18H26N2S/c1-12-7-13(2)9-15(8-12)10-17-20-14(3)16(21-17)11-19-18(4,5)6/h7-9,19H,10-11H2,1-6H3. The summed E-state index contributed by atoms with van der Waals surface area (Å²) >= 11 is 1.83. The summed E-state index contributed by atoms with van der Waals surface area (Å²) in [6, 6.07) is 6.74. The monoisotopic (exact) mass is 302 g/mol. The van der Waals surface area contributed by atoms with Crippen LogP contribution in [0.15, 0.2) is 18.2 Å². The molecule has 2 rings (SSSR count). The molecule has 0 fully saturated rings. The van der Waals surface area contributed by atoms with Crippen LogP contribution in [0.5, 0.6) is 0 Å². The molecule has 114 valence electrons. The molecule has 1 heterocycles. The van der Waals surface area contributed by atoms with E-state index in [0.717, 1.165) is 18.7 Å². The largest absolute Gasteiger partial charge is 0.307 e. The van der Waals surface area contributed by atoms with E-state index < -0.39 is 0 Å². The van der Waals surface area contributed by atoms with Gasteiger partial charge in [-0.25, -0.2) is 4.98 Å². The average molecular weight is 302 g/mol. The van der Waals surface area contributed by atoms with Crippen LogP contribution in [0.4, 0.5) is 0 Å². The Labute approximate surface area is 132 Å². The summed E-state index contributed by atoms with van der Waals surface area (Å²) in [5.41, 5.74) is 5.32. The minimum Gasteiger partial charge on any atom is -0.307 e. The van der Waals surface area contributed by atoms with Gasteiger partial charge >= 0.3 is 0 Å². The summed E-state index contributed by atoms with van der Waals surface area (Å²) in [5, 5.41) is 4.76. The minimum atomic E-state index is 0.143. The zero-order valence-corrected chi connectivity index (χ0v) is 14.8. The second-order valence-electron chi connectivity index (χ2n) is 6.89. The molecule has 0 bridgehead atoms. The van der Waals surface area contributed by atoms with Crippen LogP contribution in [0.1, 0.15) is 53.0 Å². The number of nitrogens with one attached hydrogen (secondary N) is 1. The van der Waals surface area contributed by atoms with E-state index in [0.29, 0.717) is 0 Å². The average Bonchev–Trinajstić information content (AvgIpc) is 2.64. The lowest BCUT2D eigenvalue weighted by atomic mass is 10.1. The second kappa shape index (κ2) is 6.29. The summed E-state index contributed by atoms with van der Waals surface area (Å²) in [4.78, 5) is 6.10. The Morgan fingerprint density at radius 2 is 1.67 bits per heavy atom. The lowest BCUT2D eigenvalue weighted by Crippen LogP contribution is -2.34. The first-order valence-corrected chi connectivity index (χ1v) is 8.32. The Morgan fingerprint density at radius 3 is 2.24 bits per heavy atom. The highest BCUT2D eigenvalue weighted by molar-refractivity contribution is 7.11. The van der Waals surface area contributed by atoms with Crippen LogP contribution in [0, 0.1) is 20.8 Å². The molecule has 2 aromatic rings. The Kier molecular flexibility index (Phi) is 4.84. The van der Waals surface area contributed by atoms with Crippen molar-refractivity contribution in [1.82, 2.24) is 10.3 Å². The maximum atomic E-state index is 4.74. The lowest BCUT2D eigenvalue weighted by Gasteiger charge is -2.19. The molecular weight excluding hydrogens is 276 g/mol. The number of aryl methyl sites for hydroxylation is 3. The van der Waals surface area contributed by atoms with Crippen molar-refractivity contribution in [3.8, 4) is 0 Å². The van der Waals surface area contributed by atoms with E-state index >= 15 is 0 Å². The molecule has 0 saturated carbocycles. The van der Waals surface area contributed by atoms with Gasteiger partial charge in [-0.2, -0.15) is 0 Å². The van der Waals surface area contributed by atoms with Crippen molar-refractivity contribution in [2.75, 3.05) is 0 Å². The van der Waals surface area contributed by atoms with E-state index in [1.807, 2.05) is 11.3 Å². The van der Waals surface area contributed by atoms with Gasteiger partial charge in [-0.1, -0.05) is 29.3 Å². The lowest BCUT2D eigenvalue weighted by molar-refractivity contribution is 0.425. The van der Waals surface area contributed by atoms with Crippen LogP contribution in [0.2, 0.25) is 0 Å². The number of nitrogens with zero attached hydrogens (tertiary/aromatic N) is 1. The fourth-order valence-electron chi connectivity index (χ4n) is 2.42. The number of hydrogen-bond acceptors (Lipinski definition) is 3. The maximum absolute atomic E-state index is 4.74. The zero-order chi connectivity index (χ0) is 15.6. The first-order valence-electron chi connectivity index (χ1n) is 7.50. The third-order valence-electron chi connectivity index (χ3n) is 3.35. The van der Waals surface area contributed by atoms with Gasteiger partial charge in [-0.3, -0.25) is 0 Å². The van der Waals surface area contributed by atoms with Crippen molar-refractivity contribution in [2.45, 2.75) is 60.0 Å². The third-order valence-corrected chi connectivity index (χ3v) is 4.51. The summed E-state index contributed by atoms with van der Waals surface area (Å²) in [5.74, 6) is 0. The molecule has 0 radical (unpaired) electrons. The van der Waals surface area contributed by atoms with E-state index in [-0.39, 0.29) is 5.54 Å². The normalized spacial score (nSPS) is 11.9. The van der Waals surface area contributed by atoms with Crippen LogP contribution >= 0.6 is 11.3 Å². The first kappa shape index (κ1) is 16.2. The van der Waals surface area contributed by atoms with Crippen molar-refractivity contribution >= 4 is 11.3 Å². The zero-order valence-electron chi connectivity index (χ0n) is 14.0. The Bertz CT molecular complexity index is 600. The number of aromatic nitrogens is 1. The molecule has 0 spiro atoms. The van der Waals surface area contributed by atoms with E-state index in [9.17, 15) is 0 Å². The molecule has 0 atom stereocenters. The Balaban J connectivity index is 2.11. The van der Waals surface area contributed by atoms with Crippen LogP contribution in [0.25, 0.3) is 0 Å². The number of benzene rings is 1. The van der Waals surface area contributed by atoms with Gasteiger partial charge in [0.2, 0.25) is 0 Å². The highest BCUT2D eigenvalue weighted by atomic mass is 32.1. The molecule has 0 saturated heterocycles. The van der Waals surface area contributed by atoms with Gasteiger partial charge in [0.15, 0.2) is 0 Å². The number of hydrogen-bond donors (Lipinski definition) is 1. The van der Waals surface area contributed by atoms with Gasteiger partial charge < -0.3 is 5.32 Å². The molecule has 3 heteroatoms. The smallest absolute Gasteiger partial charge is 0.0975 e. The summed E-state index contributed by atoms with van der Waals surface area (Å²) in [7, 11) is 0. The topological polar surface area (TPSA) is 24.9 Å².